The zero-order valence-electron chi connectivity index (χ0n) is 12.7. The first-order valence-electron chi connectivity index (χ1n) is 7.13. The molecule has 1 aromatic heterocycles. The number of hydrogen-bond donors (Lipinski definition) is 3. The summed E-state index contributed by atoms with van der Waals surface area (Å²) in [5.74, 6) is 0. The highest BCUT2D eigenvalue weighted by Crippen LogP contribution is 2.29. The lowest BCUT2D eigenvalue weighted by molar-refractivity contribution is -0.137. The average molecular weight is 375 g/mol. The van der Waals surface area contributed by atoms with Crippen LogP contribution in [0.1, 0.15) is 22.9 Å². The van der Waals surface area contributed by atoms with E-state index in [4.69, 9.17) is 16.7 Å². The van der Waals surface area contributed by atoms with Gasteiger partial charge >= 0.3 is 12.3 Å². The SMILES string of the molecule is O=C(O)NC(Cc1ccc(C(F)(F)F)cc1)C(O)c1cccc(Cl)n1. The molecule has 9 heteroatoms. The Hall–Kier alpha value is -2.32. The number of aliphatic hydroxyl groups is 1. The topological polar surface area (TPSA) is 82.5 Å². The van der Waals surface area contributed by atoms with E-state index in [1.54, 1.807) is 6.07 Å². The van der Waals surface area contributed by atoms with Crippen LogP contribution in [0.5, 0.6) is 0 Å². The standard InChI is InChI=1S/C16H14ClF3N2O3/c17-13-3-1-2-11(21-13)14(23)12(22-15(24)25)8-9-4-6-10(7-5-9)16(18,19)20/h1-7,12,14,22-23H,8H2,(H,24,25). The lowest BCUT2D eigenvalue weighted by Crippen LogP contribution is -2.40. The highest BCUT2D eigenvalue weighted by atomic mass is 35.5. The van der Waals surface area contributed by atoms with Gasteiger partial charge in [0.25, 0.3) is 0 Å². The molecule has 3 N–H and O–H groups in total. The zero-order chi connectivity index (χ0) is 18.6. The number of pyridine rings is 1. The molecule has 0 saturated heterocycles. The van der Waals surface area contributed by atoms with Crippen LogP contribution in [0.15, 0.2) is 42.5 Å². The molecule has 0 fully saturated rings. The van der Waals surface area contributed by atoms with Gasteiger partial charge < -0.3 is 15.5 Å². The molecule has 0 radical (unpaired) electrons. The predicted octanol–water partition coefficient (Wildman–Crippen LogP) is 3.67. The van der Waals surface area contributed by atoms with Crippen LogP contribution in [0.3, 0.4) is 0 Å². The lowest BCUT2D eigenvalue weighted by Gasteiger charge is -2.23. The van der Waals surface area contributed by atoms with Crippen LogP contribution in [-0.2, 0) is 12.6 Å². The van der Waals surface area contributed by atoms with E-state index in [1.807, 2.05) is 0 Å². The molecule has 0 aliphatic carbocycles. The van der Waals surface area contributed by atoms with Crippen molar-refractivity contribution in [1.29, 1.82) is 0 Å². The molecule has 1 aromatic carbocycles. The number of benzene rings is 1. The van der Waals surface area contributed by atoms with Gasteiger partial charge in [0.15, 0.2) is 0 Å². The van der Waals surface area contributed by atoms with Gasteiger partial charge in [-0.3, -0.25) is 0 Å². The summed E-state index contributed by atoms with van der Waals surface area (Å²) in [5, 5.41) is 21.6. The fourth-order valence-corrected chi connectivity index (χ4v) is 2.45. The average Bonchev–Trinajstić information content (AvgIpc) is 2.53. The Balaban J connectivity index is 2.21. The van der Waals surface area contributed by atoms with Crippen LogP contribution in [0, 0.1) is 0 Å². The third-order valence-corrected chi connectivity index (χ3v) is 3.68. The maximum atomic E-state index is 12.6. The third-order valence-electron chi connectivity index (χ3n) is 3.47. The van der Waals surface area contributed by atoms with Gasteiger partial charge in [0.1, 0.15) is 11.3 Å². The van der Waals surface area contributed by atoms with Crippen LogP contribution < -0.4 is 5.32 Å². The van der Waals surface area contributed by atoms with Gasteiger partial charge in [0.2, 0.25) is 0 Å². The fourth-order valence-electron chi connectivity index (χ4n) is 2.28. The monoisotopic (exact) mass is 374 g/mol. The molecule has 2 unspecified atom stereocenters. The molecule has 0 spiro atoms. The molecule has 2 atom stereocenters. The van der Waals surface area contributed by atoms with E-state index < -0.39 is 30.0 Å². The van der Waals surface area contributed by atoms with Crippen molar-refractivity contribution in [3.63, 3.8) is 0 Å². The van der Waals surface area contributed by atoms with Crippen molar-refractivity contribution in [3.8, 4) is 0 Å². The smallest absolute Gasteiger partial charge is 0.416 e. The molecular weight excluding hydrogens is 361 g/mol. The minimum atomic E-state index is -4.46. The molecule has 0 saturated carbocycles. The summed E-state index contributed by atoms with van der Waals surface area (Å²) in [7, 11) is 0. The molecule has 1 heterocycles. The van der Waals surface area contributed by atoms with Gasteiger partial charge in [-0.15, -0.1) is 0 Å². The van der Waals surface area contributed by atoms with Crippen LogP contribution in [0.2, 0.25) is 5.15 Å². The summed E-state index contributed by atoms with van der Waals surface area (Å²) in [6.45, 7) is 0. The van der Waals surface area contributed by atoms with E-state index >= 15 is 0 Å². The van der Waals surface area contributed by atoms with Crippen molar-refractivity contribution in [1.82, 2.24) is 10.3 Å². The first kappa shape index (κ1) is 19.0. The number of alkyl halides is 3. The first-order valence-corrected chi connectivity index (χ1v) is 7.50. The number of rotatable bonds is 5. The number of amides is 1. The number of aliphatic hydroxyl groups excluding tert-OH is 1. The number of carbonyl (C=O) groups is 1. The number of aromatic nitrogens is 1. The van der Waals surface area contributed by atoms with E-state index in [0.717, 1.165) is 12.1 Å². The summed E-state index contributed by atoms with van der Waals surface area (Å²) >= 11 is 5.75. The maximum Gasteiger partial charge on any atom is 0.416 e. The van der Waals surface area contributed by atoms with Gasteiger partial charge in [0.05, 0.1) is 17.3 Å². The van der Waals surface area contributed by atoms with Crippen molar-refractivity contribution >= 4 is 17.7 Å². The molecular formula is C16H14ClF3N2O3. The number of carboxylic acid groups (broad SMARTS) is 1. The highest BCUT2D eigenvalue weighted by molar-refractivity contribution is 6.29. The summed E-state index contributed by atoms with van der Waals surface area (Å²) in [6, 6.07) is 7.76. The Labute approximate surface area is 146 Å². The van der Waals surface area contributed by atoms with Gasteiger partial charge in [-0.2, -0.15) is 13.2 Å². The highest BCUT2D eigenvalue weighted by Gasteiger charge is 2.30. The molecule has 0 aliphatic rings. The lowest BCUT2D eigenvalue weighted by atomic mass is 9.98. The fraction of sp³-hybridized carbons (Fsp3) is 0.250. The first-order chi connectivity index (χ1) is 11.7. The van der Waals surface area contributed by atoms with Crippen LogP contribution in [0.4, 0.5) is 18.0 Å². The summed E-state index contributed by atoms with van der Waals surface area (Å²) in [4.78, 5) is 14.9. The second-order valence-electron chi connectivity index (χ2n) is 5.28. The Morgan fingerprint density at radius 3 is 2.36 bits per heavy atom. The summed E-state index contributed by atoms with van der Waals surface area (Å²) in [6.07, 6.45) is -7.18. The van der Waals surface area contributed by atoms with E-state index in [2.05, 4.69) is 10.3 Å². The van der Waals surface area contributed by atoms with E-state index in [-0.39, 0.29) is 17.3 Å². The third kappa shape index (κ3) is 5.33. The molecule has 2 aromatic rings. The van der Waals surface area contributed by atoms with Gasteiger partial charge in [-0.1, -0.05) is 29.8 Å². The molecule has 134 valence electrons. The van der Waals surface area contributed by atoms with Gasteiger partial charge in [-0.25, -0.2) is 9.78 Å². The second kappa shape index (κ2) is 7.71. The van der Waals surface area contributed by atoms with Gasteiger partial charge in [-0.05, 0) is 36.2 Å². The van der Waals surface area contributed by atoms with Crippen LogP contribution >= 0.6 is 11.6 Å². The Kier molecular flexibility index (Phi) is 5.86. The van der Waals surface area contributed by atoms with E-state index in [1.165, 1.54) is 24.3 Å². The molecule has 1 amide bonds. The Morgan fingerprint density at radius 2 is 1.84 bits per heavy atom. The minimum Gasteiger partial charge on any atom is -0.465 e. The maximum absolute atomic E-state index is 12.6. The largest absolute Gasteiger partial charge is 0.465 e. The van der Waals surface area contributed by atoms with Crippen molar-refractivity contribution in [2.24, 2.45) is 0 Å². The van der Waals surface area contributed by atoms with Crippen molar-refractivity contribution in [2.45, 2.75) is 24.7 Å². The molecule has 0 bridgehead atoms. The summed E-state index contributed by atoms with van der Waals surface area (Å²) in [5.41, 5.74) is -0.234. The number of hydrogen-bond acceptors (Lipinski definition) is 3. The second-order valence-corrected chi connectivity index (χ2v) is 5.67. The van der Waals surface area contributed by atoms with Crippen LogP contribution in [-0.4, -0.2) is 27.3 Å². The number of nitrogens with zero attached hydrogens (tertiary/aromatic N) is 1. The minimum absolute atomic E-state index is 0.0280. The zero-order valence-corrected chi connectivity index (χ0v) is 13.4. The molecule has 25 heavy (non-hydrogen) atoms. The normalized spacial score (nSPS) is 14.0. The predicted molar refractivity (Wildman–Crippen MR) is 84.3 cm³/mol. The summed E-state index contributed by atoms with van der Waals surface area (Å²) < 4.78 is 37.8. The Bertz CT molecular complexity index is 738. The van der Waals surface area contributed by atoms with Crippen molar-refractivity contribution in [2.75, 3.05) is 0 Å². The van der Waals surface area contributed by atoms with Crippen molar-refractivity contribution in [3.05, 3.63) is 64.4 Å². The van der Waals surface area contributed by atoms with Crippen LogP contribution in [0.25, 0.3) is 0 Å². The number of halogens is 4. The molecule has 2 rings (SSSR count). The Morgan fingerprint density at radius 1 is 1.20 bits per heavy atom. The number of nitrogens with one attached hydrogen (secondary N) is 1. The van der Waals surface area contributed by atoms with Crippen molar-refractivity contribution < 1.29 is 28.2 Å². The quantitative estimate of drug-likeness (QED) is 0.697. The van der Waals surface area contributed by atoms with Gasteiger partial charge in [0, 0.05) is 0 Å². The van der Waals surface area contributed by atoms with E-state index in [9.17, 15) is 23.1 Å². The van der Waals surface area contributed by atoms with E-state index in [0.29, 0.717) is 5.56 Å². The molecule has 0 aliphatic heterocycles. The molecule has 5 nitrogen and oxygen atoms in total.